The molecule has 0 aliphatic carbocycles. The van der Waals surface area contributed by atoms with Crippen LogP contribution in [0, 0.1) is 0 Å². The molecule has 0 aromatic heterocycles. The third kappa shape index (κ3) is 1.74. The third-order valence-electron chi connectivity index (χ3n) is 0.966. The fourth-order valence-corrected chi connectivity index (χ4v) is 0.779. The van der Waals surface area contributed by atoms with Crippen LogP contribution in [0.25, 0.3) is 0 Å². The molecule has 0 saturated carbocycles. The lowest BCUT2D eigenvalue weighted by Gasteiger charge is -1.95. The predicted octanol–water partition coefficient (Wildman–Crippen LogP) is 2.33. The number of halogens is 1. The van der Waals surface area contributed by atoms with Crippen LogP contribution in [-0.2, 0) is 0 Å². The van der Waals surface area contributed by atoms with E-state index in [1.165, 1.54) is 0 Å². The van der Waals surface area contributed by atoms with E-state index in [9.17, 15) is 0 Å². The maximum absolute atomic E-state index is 5.64. The average Bonchev–Trinajstić information content (AvgIpc) is 1.88. The van der Waals surface area contributed by atoms with Crippen LogP contribution in [-0.4, -0.2) is 6.72 Å². The van der Waals surface area contributed by atoms with E-state index < -0.39 is 0 Å². The lowest BCUT2D eigenvalue weighted by Crippen LogP contribution is -1.78. The minimum atomic E-state index is 0.600. The molecule has 1 aromatic rings. The summed E-state index contributed by atoms with van der Waals surface area (Å²) in [5, 5.41) is 3.86. The van der Waals surface area contributed by atoms with Crippen LogP contribution in [0.5, 0.6) is 5.75 Å². The Kier molecular flexibility index (Phi) is 2.29. The van der Waals surface area contributed by atoms with Gasteiger partial charge in [-0.15, -0.1) is 0 Å². The molecule has 0 spiro atoms. The van der Waals surface area contributed by atoms with Crippen LogP contribution in [0.15, 0.2) is 29.4 Å². The van der Waals surface area contributed by atoms with Crippen molar-refractivity contribution in [2.24, 2.45) is 5.16 Å². The van der Waals surface area contributed by atoms with Crippen LogP contribution < -0.4 is 4.84 Å². The van der Waals surface area contributed by atoms with Crippen LogP contribution in [0.2, 0.25) is 5.02 Å². The second kappa shape index (κ2) is 3.22. The molecule has 2 nitrogen and oxygen atoms in total. The van der Waals surface area contributed by atoms with E-state index in [1.54, 1.807) is 24.3 Å². The highest BCUT2D eigenvalue weighted by Crippen LogP contribution is 2.16. The summed E-state index contributed by atoms with van der Waals surface area (Å²) in [6.45, 7) is 3.17. The van der Waals surface area contributed by atoms with E-state index in [4.69, 9.17) is 16.4 Å². The van der Waals surface area contributed by atoms with E-state index in [2.05, 4.69) is 11.9 Å². The minimum Gasteiger partial charge on any atom is -0.358 e. The van der Waals surface area contributed by atoms with Gasteiger partial charge in [0.15, 0.2) is 5.75 Å². The van der Waals surface area contributed by atoms with E-state index >= 15 is 0 Å². The highest BCUT2D eigenvalue weighted by atomic mass is 35.5. The zero-order valence-electron chi connectivity index (χ0n) is 5.25. The maximum Gasteiger partial charge on any atom is 0.159 e. The number of rotatable bonds is 2. The summed E-state index contributed by atoms with van der Waals surface area (Å²) >= 11 is 5.64. The second-order valence-electron chi connectivity index (χ2n) is 1.68. The van der Waals surface area contributed by atoms with Gasteiger partial charge in [-0.3, -0.25) is 0 Å². The lowest BCUT2D eigenvalue weighted by molar-refractivity contribution is 0.345. The molecular formula is C7H6ClNO. The Balaban J connectivity index is 2.84. The molecule has 0 saturated heterocycles. The molecule has 0 unspecified atom stereocenters. The van der Waals surface area contributed by atoms with Gasteiger partial charge in [-0.1, -0.05) is 22.8 Å². The van der Waals surface area contributed by atoms with Crippen molar-refractivity contribution >= 4 is 18.3 Å². The lowest BCUT2D eigenvalue weighted by atomic mass is 10.3. The van der Waals surface area contributed by atoms with Crippen LogP contribution in [0.3, 0.4) is 0 Å². The van der Waals surface area contributed by atoms with Gasteiger partial charge in [0.2, 0.25) is 0 Å². The van der Waals surface area contributed by atoms with Gasteiger partial charge in [0, 0.05) is 17.8 Å². The summed E-state index contributed by atoms with van der Waals surface area (Å²) < 4.78 is 0. The third-order valence-corrected chi connectivity index (χ3v) is 1.20. The molecule has 0 bridgehead atoms. The van der Waals surface area contributed by atoms with Crippen molar-refractivity contribution in [2.45, 2.75) is 0 Å². The van der Waals surface area contributed by atoms with Gasteiger partial charge < -0.3 is 4.84 Å². The van der Waals surface area contributed by atoms with Crippen molar-refractivity contribution in [3.8, 4) is 5.75 Å². The fraction of sp³-hybridized carbons (Fsp3) is 0. The standard InChI is InChI=1S/C7H6ClNO/c1-9-10-7-4-2-3-6(8)5-7/h2-5H,1H2. The molecule has 0 atom stereocenters. The topological polar surface area (TPSA) is 21.6 Å². The molecule has 0 aliphatic heterocycles. The van der Waals surface area contributed by atoms with Crippen LogP contribution in [0.4, 0.5) is 0 Å². The van der Waals surface area contributed by atoms with Gasteiger partial charge >= 0.3 is 0 Å². The Morgan fingerprint density at radius 2 is 2.30 bits per heavy atom. The van der Waals surface area contributed by atoms with Gasteiger partial charge in [0.25, 0.3) is 0 Å². The molecule has 0 heterocycles. The maximum atomic E-state index is 5.64. The van der Waals surface area contributed by atoms with E-state index in [0.29, 0.717) is 10.8 Å². The Hall–Kier alpha value is -1.02. The second-order valence-corrected chi connectivity index (χ2v) is 2.11. The van der Waals surface area contributed by atoms with Crippen molar-refractivity contribution in [1.29, 1.82) is 0 Å². The van der Waals surface area contributed by atoms with Crippen molar-refractivity contribution < 1.29 is 4.84 Å². The largest absolute Gasteiger partial charge is 0.358 e. The zero-order chi connectivity index (χ0) is 7.40. The molecular weight excluding hydrogens is 150 g/mol. The summed E-state index contributed by atoms with van der Waals surface area (Å²) in [5.41, 5.74) is 0. The molecule has 3 heteroatoms. The average molecular weight is 156 g/mol. The van der Waals surface area contributed by atoms with E-state index in [0.717, 1.165) is 0 Å². The Bertz CT molecular complexity index is 237. The fourth-order valence-electron chi connectivity index (χ4n) is 0.598. The summed E-state index contributed by atoms with van der Waals surface area (Å²) in [7, 11) is 0. The van der Waals surface area contributed by atoms with Crippen molar-refractivity contribution in [3.05, 3.63) is 29.3 Å². The smallest absolute Gasteiger partial charge is 0.159 e. The normalized spacial score (nSPS) is 8.90. The van der Waals surface area contributed by atoms with E-state index in [1.807, 2.05) is 0 Å². The SMILES string of the molecule is C=NOc1cccc(Cl)c1. The monoisotopic (exact) mass is 155 g/mol. The Morgan fingerprint density at radius 3 is 2.90 bits per heavy atom. The predicted molar refractivity (Wildman–Crippen MR) is 41.6 cm³/mol. The molecule has 10 heavy (non-hydrogen) atoms. The molecule has 0 aliphatic rings. The first kappa shape index (κ1) is 7.09. The highest BCUT2D eigenvalue weighted by Gasteiger charge is 1.91. The van der Waals surface area contributed by atoms with Gasteiger partial charge in [0.1, 0.15) is 0 Å². The highest BCUT2D eigenvalue weighted by molar-refractivity contribution is 6.30. The molecule has 0 radical (unpaired) electrons. The summed E-state index contributed by atoms with van der Waals surface area (Å²) in [4.78, 5) is 4.72. The zero-order valence-corrected chi connectivity index (χ0v) is 6.01. The van der Waals surface area contributed by atoms with Crippen molar-refractivity contribution in [3.63, 3.8) is 0 Å². The number of hydrogen-bond donors (Lipinski definition) is 0. The van der Waals surface area contributed by atoms with E-state index in [-0.39, 0.29) is 0 Å². The van der Waals surface area contributed by atoms with Crippen LogP contribution in [0.1, 0.15) is 0 Å². The van der Waals surface area contributed by atoms with Gasteiger partial charge in [-0.2, -0.15) is 0 Å². The molecule has 0 amide bonds. The number of hydrogen-bond acceptors (Lipinski definition) is 2. The van der Waals surface area contributed by atoms with Crippen molar-refractivity contribution in [2.75, 3.05) is 0 Å². The number of nitrogens with zero attached hydrogens (tertiary/aromatic N) is 1. The summed E-state index contributed by atoms with van der Waals surface area (Å²) in [6.07, 6.45) is 0. The number of oxime groups is 1. The van der Waals surface area contributed by atoms with Gasteiger partial charge in [-0.05, 0) is 12.1 Å². The molecule has 52 valence electrons. The van der Waals surface area contributed by atoms with Gasteiger partial charge in [0.05, 0.1) is 0 Å². The number of benzene rings is 1. The summed E-state index contributed by atoms with van der Waals surface area (Å²) in [6, 6.07) is 6.96. The van der Waals surface area contributed by atoms with Crippen LogP contribution >= 0.6 is 11.6 Å². The van der Waals surface area contributed by atoms with Crippen molar-refractivity contribution in [1.82, 2.24) is 0 Å². The molecule has 0 fully saturated rings. The Morgan fingerprint density at radius 1 is 1.50 bits per heavy atom. The Labute approximate surface area is 64.1 Å². The molecule has 0 N–H and O–H groups in total. The van der Waals surface area contributed by atoms with Gasteiger partial charge in [-0.25, -0.2) is 0 Å². The molecule has 1 rings (SSSR count). The first-order chi connectivity index (χ1) is 4.83. The molecule has 1 aromatic carbocycles. The first-order valence-corrected chi connectivity index (χ1v) is 3.09. The first-order valence-electron chi connectivity index (χ1n) is 2.71. The summed E-state index contributed by atoms with van der Waals surface area (Å²) in [5.74, 6) is 0.600. The quantitative estimate of drug-likeness (QED) is 0.475. The minimum absolute atomic E-state index is 0.600.